The fourth-order valence-electron chi connectivity index (χ4n) is 1.78. The Labute approximate surface area is 112 Å². The molecule has 104 valence electrons. The maximum absolute atomic E-state index is 12.2. The van der Waals surface area contributed by atoms with Crippen molar-refractivity contribution >= 4 is 21.6 Å². The molecule has 0 aromatic heterocycles. The van der Waals surface area contributed by atoms with Crippen molar-refractivity contribution in [3.8, 4) is 0 Å². The van der Waals surface area contributed by atoms with Gasteiger partial charge in [0.1, 0.15) is 0 Å². The molecule has 1 aliphatic rings. The lowest BCUT2D eigenvalue weighted by Gasteiger charge is -2.11. The smallest absolute Gasteiger partial charge is 0.241 e. The van der Waals surface area contributed by atoms with Crippen molar-refractivity contribution in [3.63, 3.8) is 0 Å². The molecule has 2 rings (SSSR count). The van der Waals surface area contributed by atoms with Gasteiger partial charge in [0, 0.05) is 24.7 Å². The van der Waals surface area contributed by atoms with E-state index in [0.29, 0.717) is 17.7 Å². The van der Waals surface area contributed by atoms with E-state index in [4.69, 9.17) is 5.73 Å². The number of carbonyl (C=O) groups is 1. The third-order valence-electron chi connectivity index (χ3n) is 2.94. The highest BCUT2D eigenvalue weighted by Gasteiger charge is 2.37. The molecule has 0 saturated heterocycles. The number of aryl methyl sites for hydroxylation is 1. The van der Waals surface area contributed by atoms with E-state index in [1.165, 1.54) is 13.0 Å². The largest absolute Gasteiger partial charge is 0.326 e. The molecule has 1 aromatic carbocycles. The summed E-state index contributed by atoms with van der Waals surface area (Å²) in [7, 11) is -3.60. The topological polar surface area (TPSA) is 101 Å². The second kappa shape index (κ2) is 4.92. The van der Waals surface area contributed by atoms with E-state index in [0.717, 1.165) is 0 Å². The van der Waals surface area contributed by atoms with Crippen LogP contribution in [0.25, 0.3) is 0 Å². The molecule has 7 heteroatoms. The van der Waals surface area contributed by atoms with Gasteiger partial charge in [0.05, 0.1) is 4.90 Å². The zero-order valence-corrected chi connectivity index (χ0v) is 11.6. The number of anilines is 1. The normalized spacial score (nSPS) is 22.1. The minimum atomic E-state index is -3.60. The van der Waals surface area contributed by atoms with Crippen LogP contribution in [0.15, 0.2) is 23.1 Å². The minimum absolute atomic E-state index is 0.103. The second-order valence-corrected chi connectivity index (χ2v) is 6.47. The van der Waals surface area contributed by atoms with E-state index < -0.39 is 10.0 Å². The van der Waals surface area contributed by atoms with E-state index in [-0.39, 0.29) is 22.9 Å². The van der Waals surface area contributed by atoms with Gasteiger partial charge in [-0.25, -0.2) is 13.1 Å². The standard InChI is InChI=1S/C12H17N3O3S/c1-7-3-4-9(14-8(2)16)5-12(7)19(17,18)15-11-6-10(11)13/h3-5,10-11,15H,6,13H2,1-2H3,(H,14,16). The molecule has 1 aliphatic carbocycles. The van der Waals surface area contributed by atoms with Gasteiger partial charge >= 0.3 is 0 Å². The number of sulfonamides is 1. The molecule has 1 aromatic rings. The Balaban J connectivity index is 2.29. The fraction of sp³-hybridized carbons (Fsp3) is 0.417. The monoisotopic (exact) mass is 283 g/mol. The van der Waals surface area contributed by atoms with Crippen LogP contribution in [0.2, 0.25) is 0 Å². The summed E-state index contributed by atoms with van der Waals surface area (Å²) in [5.74, 6) is -0.246. The number of rotatable bonds is 4. The first-order valence-corrected chi connectivity index (χ1v) is 7.44. The van der Waals surface area contributed by atoms with Crippen molar-refractivity contribution in [2.75, 3.05) is 5.32 Å². The average Bonchev–Trinajstić information content (AvgIpc) is 2.95. The summed E-state index contributed by atoms with van der Waals surface area (Å²) in [6.45, 7) is 3.08. The molecule has 4 N–H and O–H groups in total. The highest BCUT2D eigenvalue weighted by Crippen LogP contribution is 2.24. The van der Waals surface area contributed by atoms with Crippen molar-refractivity contribution in [1.82, 2.24) is 4.72 Å². The zero-order valence-electron chi connectivity index (χ0n) is 10.8. The van der Waals surface area contributed by atoms with Gasteiger partial charge in [-0.1, -0.05) is 6.07 Å². The number of nitrogens with one attached hydrogen (secondary N) is 2. The number of nitrogens with two attached hydrogens (primary N) is 1. The summed E-state index contributed by atoms with van der Waals surface area (Å²) in [5, 5.41) is 2.57. The van der Waals surface area contributed by atoms with Crippen LogP contribution in [0, 0.1) is 6.92 Å². The quantitative estimate of drug-likeness (QED) is 0.741. The van der Waals surface area contributed by atoms with Crippen molar-refractivity contribution in [1.29, 1.82) is 0 Å². The van der Waals surface area contributed by atoms with E-state index in [2.05, 4.69) is 10.0 Å². The molecule has 1 amide bonds. The molecular formula is C12H17N3O3S. The van der Waals surface area contributed by atoms with Crippen molar-refractivity contribution in [3.05, 3.63) is 23.8 Å². The van der Waals surface area contributed by atoms with Crippen LogP contribution < -0.4 is 15.8 Å². The molecule has 0 bridgehead atoms. The second-order valence-electron chi connectivity index (χ2n) is 4.79. The highest BCUT2D eigenvalue weighted by molar-refractivity contribution is 7.89. The zero-order chi connectivity index (χ0) is 14.2. The predicted molar refractivity (Wildman–Crippen MR) is 72.2 cm³/mol. The van der Waals surface area contributed by atoms with Crippen molar-refractivity contribution < 1.29 is 13.2 Å². The van der Waals surface area contributed by atoms with Gasteiger partial charge in [0.2, 0.25) is 15.9 Å². The van der Waals surface area contributed by atoms with E-state index in [9.17, 15) is 13.2 Å². The van der Waals surface area contributed by atoms with Gasteiger partial charge < -0.3 is 11.1 Å². The Morgan fingerprint density at radius 1 is 1.42 bits per heavy atom. The molecular weight excluding hydrogens is 266 g/mol. The van der Waals surface area contributed by atoms with Crippen LogP contribution in [0.1, 0.15) is 18.9 Å². The minimum Gasteiger partial charge on any atom is -0.326 e. The molecule has 0 spiro atoms. The Kier molecular flexibility index (Phi) is 3.62. The average molecular weight is 283 g/mol. The lowest BCUT2D eigenvalue weighted by Crippen LogP contribution is -2.30. The molecule has 1 saturated carbocycles. The first kappa shape index (κ1) is 14.0. The van der Waals surface area contributed by atoms with Crippen LogP contribution in [0.4, 0.5) is 5.69 Å². The summed E-state index contributed by atoms with van der Waals surface area (Å²) in [4.78, 5) is 11.2. The van der Waals surface area contributed by atoms with Gasteiger partial charge in [0.15, 0.2) is 0 Å². The molecule has 0 aliphatic heterocycles. The SMILES string of the molecule is CC(=O)Nc1ccc(C)c(S(=O)(=O)NC2CC2N)c1. The lowest BCUT2D eigenvalue weighted by molar-refractivity contribution is -0.114. The number of hydrogen-bond acceptors (Lipinski definition) is 4. The number of benzene rings is 1. The van der Waals surface area contributed by atoms with Crippen molar-refractivity contribution in [2.24, 2.45) is 5.73 Å². The van der Waals surface area contributed by atoms with Crippen LogP contribution in [-0.4, -0.2) is 26.4 Å². The van der Waals surface area contributed by atoms with Crippen LogP contribution in [0.5, 0.6) is 0 Å². The van der Waals surface area contributed by atoms with E-state index in [1.807, 2.05) is 0 Å². The third kappa shape index (κ3) is 3.31. The molecule has 2 unspecified atom stereocenters. The third-order valence-corrected chi connectivity index (χ3v) is 4.58. The molecule has 19 heavy (non-hydrogen) atoms. The van der Waals surface area contributed by atoms with Gasteiger partial charge in [-0.2, -0.15) is 0 Å². The maximum Gasteiger partial charge on any atom is 0.241 e. The Hall–Kier alpha value is -1.44. The van der Waals surface area contributed by atoms with Gasteiger partial charge in [-0.05, 0) is 31.0 Å². The first-order valence-electron chi connectivity index (χ1n) is 5.96. The molecule has 1 fully saturated rings. The van der Waals surface area contributed by atoms with Crippen LogP contribution >= 0.6 is 0 Å². The number of amides is 1. The maximum atomic E-state index is 12.2. The highest BCUT2D eigenvalue weighted by atomic mass is 32.2. The van der Waals surface area contributed by atoms with Crippen molar-refractivity contribution in [2.45, 2.75) is 37.2 Å². The molecule has 0 heterocycles. The fourth-order valence-corrected chi connectivity index (χ4v) is 3.35. The molecule has 0 radical (unpaired) electrons. The predicted octanol–water partition coefficient (Wildman–Crippen LogP) is 0.331. The van der Waals surface area contributed by atoms with Crippen LogP contribution in [-0.2, 0) is 14.8 Å². The Morgan fingerprint density at radius 2 is 2.05 bits per heavy atom. The van der Waals surface area contributed by atoms with E-state index >= 15 is 0 Å². The number of hydrogen-bond donors (Lipinski definition) is 3. The molecule has 6 nitrogen and oxygen atoms in total. The lowest BCUT2D eigenvalue weighted by atomic mass is 10.2. The van der Waals surface area contributed by atoms with E-state index in [1.54, 1.807) is 19.1 Å². The Bertz CT molecular complexity index is 613. The number of carbonyl (C=O) groups excluding carboxylic acids is 1. The summed E-state index contributed by atoms with van der Waals surface area (Å²) in [6, 6.07) is 4.49. The summed E-state index contributed by atoms with van der Waals surface area (Å²) in [6.07, 6.45) is 0.656. The molecule has 2 atom stereocenters. The first-order chi connectivity index (χ1) is 8.79. The summed E-state index contributed by atoms with van der Waals surface area (Å²) < 4.78 is 27.0. The van der Waals surface area contributed by atoms with Gasteiger partial charge in [0.25, 0.3) is 0 Å². The van der Waals surface area contributed by atoms with Crippen LogP contribution in [0.3, 0.4) is 0 Å². The Morgan fingerprint density at radius 3 is 2.58 bits per heavy atom. The van der Waals surface area contributed by atoms with Gasteiger partial charge in [-0.15, -0.1) is 0 Å². The summed E-state index contributed by atoms with van der Waals surface area (Å²) in [5.41, 5.74) is 6.68. The van der Waals surface area contributed by atoms with Gasteiger partial charge in [-0.3, -0.25) is 4.79 Å². The summed E-state index contributed by atoms with van der Waals surface area (Å²) >= 11 is 0.